The highest BCUT2D eigenvalue weighted by Gasteiger charge is 2.22. The summed E-state index contributed by atoms with van der Waals surface area (Å²) in [6.07, 6.45) is 0. The maximum atomic E-state index is 5.31. The molecule has 0 saturated carbocycles. The van der Waals surface area contributed by atoms with Gasteiger partial charge in [0.2, 0.25) is 5.78 Å². The molecule has 0 atom stereocenters. The lowest BCUT2D eigenvalue weighted by molar-refractivity contribution is 1.11. The van der Waals surface area contributed by atoms with E-state index in [1.807, 2.05) is 0 Å². The molecule has 0 saturated heterocycles. The van der Waals surface area contributed by atoms with Crippen molar-refractivity contribution in [1.82, 2.24) is 18.5 Å². The van der Waals surface area contributed by atoms with E-state index >= 15 is 0 Å². The Morgan fingerprint density at radius 2 is 0.850 bits per heavy atom. The van der Waals surface area contributed by atoms with Gasteiger partial charge in [-0.05, 0) is 107 Å². The molecule has 60 heavy (non-hydrogen) atoms. The number of nitrogens with zero attached hydrogens (tertiary/aromatic N) is 5. The van der Waals surface area contributed by atoms with Gasteiger partial charge in [-0.15, -0.1) is 0 Å². The first-order valence-corrected chi connectivity index (χ1v) is 20.4. The van der Waals surface area contributed by atoms with Crippen LogP contribution in [0.25, 0.3) is 83.3 Å². The second-order valence-electron chi connectivity index (χ2n) is 15.3. The Hall–Kier alpha value is -8.15. The number of aromatic nitrogens is 4. The summed E-state index contributed by atoms with van der Waals surface area (Å²) in [5, 5.41) is 2.45. The second-order valence-corrected chi connectivity index (χ2v) is 15.3. The molecule has 3 heterocycles. The molecule has 282 valence electrons. The fourth-order valence-electron chi connectivity index (χ4n) is 9.05. The van der Waals surface area contributed by atoms with Gasteiger partial charge in [0, 0.05) is 33.5 Å². The predicted octanol–water partition coefficient (Wildman–Crippen LogP) is 14.3. The van der Waals surface area contributed by atoms with Crippen molar-refractivity contribution in [2.24, 2.45) is 0 Å². The van der Waals surface area contributed by atoms with E-state index in [4.69, 9.17) is 4.98 Å². The van der Waals surface area contributed by atoms with Crippen molar-refractivity contribution in [3.63, 3.8) is 0 Å². The van der Waals surface area contributed by atoms with Crippen LogP contribution in [0.3, 0.4) is 0 Å². The highest BCUT2D eigenvalue weighted by molar-refractivity contribution is 6.10. The van der Waals surface area contributed by atoms with Crippen molar-refractivity contribution in [3.05, 3.63) is 224 Å². The molecule has 0 radical (unpaired) electrons. The minimum Gasteiger partial charge on any atom is -0.310 e. The summed E-state index contributed by atoms with van der Waals surface area (Å²) in [5.41, 5.74) is 16.7. The summed E-state index contributed by atoms with van der Waals surface area (Å²) >= 11 is 0. The topological polar surface area (TPSA) is 30.4 Å². The zero-order valence-electron chi connectivity index (χ0n) is 32.6. The Labute approximate surface area is 346 Å². The molecule has 0 amide bonds. The molecule has 0 unspecified atom stereocenters. The van der Waals surface area contributed by atoms with Crippen molar-refractivity contribution in [3.8, 4) is 33.6 Å². The fourth-order valence-corrected chi connectivity index (χ4v) is 9.05. The number of hydrogen-bond donors (Lipinski definition) is 0. The third-order valence-corrected chi connectivity index (χ3v) is 11.8. The van der Waals surface area contributed by atoms with E-state index < -0.39 is 0 Å². The highest BCUT2D eigenvalue weighted by atomic mass is 15.2. The van der Waals surface area contributed by atoms with Crippen LogP contribution in [0.5, 0.6) is 0 Å². The average Bonchev–Trinajstić information content (AvgIpc) is 3.97. The largest absolute Gasteiger partial charge is 0.310 e. The molecule has 0 aliphatic rings. The summed E-state index contributed by atoms with van der Waals surface area (Å²) in [4.78, 5) is 7.66. The van der Waals surface area contributed by atoms with Gasteiger partial charge < -0.3 is 9.47 Å². The minimum atomic E-state index is 0.871. The van der Waals surface area contributed by atoms with Crippen LogP contribution in [0.2, 0.25) is 0 Å². The molecule has 0 bridgehead atoms. The number of para-hydroxylation sites is 4. The predicted molar refractivity (Wildman–Crippen MR) is 249 cm³/mol. The Balaban J connectivity index is 1.07. The first-order chi connectivity index (χ1) is 29.8. The monoisotopic (exact) mass is 767 g/mol. The van der Waals surface area contributed by atoms with E-state index in [2.05, 4.69) is 243 Å². The van der Waals surface area contributed by atoms with Crippen LogP contribution in [0.1, 0.15) is 0 Å². The average molecular weight is 768 g/mol. The van der Waals surface area contributed by atoms with E-state index in [1.54, 1.807) is 0 Å². The van der Waals surface area contributed by atoms with Crippen LogP contribution in [-0.4, -0.2) is 18.5 Å². The van der Waals surface area contributed by atoms with Gasteiger partial charge in [0.05, 0.1) is 38.8 Å². The molecule has 0 aliphatic carbocycles. The SMILES string of the molecule is c1ccc(-c2ccc(N(c3ccc(-c4ccccc4)cc3)c3ccc4c(c3)n3c5ccccc5nc3n4-c3ccc4c5ccccc5n(-c5ccccc5)c4c3)cc2)cc1. The second kappa shape index (κ2) is 13.8. The van der Waals surface area contributed by atoms with Gasteiger partial charge in [-0.3, -0.25) is 8.97 Å². The van der Waals surface area contributed by atoms with Crippen LogP contribution in [-0.2, 0) is 0 Å². The highest BCUT2D eigenvalue weighted by Crippen LogP contribution is 2.41. The lowest BCUT2D eigenvalue weighted by atomic mass is 10.0. The van der Waals surface area contributed by atoms with Crippen LogP contribution < -0.4 is 4.90 Å². The van der Waals surface area contributed by atoms with Crippen LogP contribution in [0.15, 0.2) is 224 Å². The Kier molecular flexibility index (Phi) is 7.78. The molecule has 0 N–H and O–H groups in total. The van der Waals surface area contributed by atoms with E-state index in [0.717, 1.165) is 61.8 Å². The number of imidazole rings is 2. The fraction of sp³-hybridized carbons (Fsp3) is 0. The minimum absolute atomic E-state index is 0.871. The van der Waals surface area contributed by atoms with Gasteiger partial charge in [-0.1, -0.05) is 140 Å². The zero-order chi connectivity index (χ0) is 39.6. The van der Waals surface area contributed by atoms with Crippen molar-refractivity contribution in [1.29, 1.82) is 0 Å². The van der Waals surface area contributed by atoms with E-state index in [1.165, 1.54) is 38.5 Å². The third-order valence-electron chi connectivity index (χ3n) is 11.8. The zero-order valence-corrected chi connectivity index (χ0v) is 32.6. The van der Waals surface area contributed by atoms with Crippen molar-refractivity contribution in [2.75, 3.05) is 4.90 Å². The molecule has 9 aromatic carbocycles. The molecule has 0 spiro atoms. The Morgan fingerprint density at radius 3 is 1.52 bits per heavy atom. The molecule has 12 rings (SSSR count). The van der Waals surface area contributed by atoms with E-state index in [9.17, 15) is 0 Å². The number of fused-ring (bicyclic) bond motifs is 8. The van der Waals surface area contributed by atoms with Gasteiger partial charge in [-0.25, -0.2) is 4.98 Å². The lowest BCUT2D eigenvalue weighted by Crippen LogP contribution is -2.10. The lowest BCUT2D eigenvalue weighted by Gasteiger charge is -2.26. The smallest absolute Gasteiger partial charge is 0.220 e. The van der Waals surface area contributed by atoms with Crippen molar-refractivity contribution >= 4 is 66.7 Å². The first kappa shape index (κ1) is 33.9. The maximum absolute atomic E-state index is 5.31. The molecular formula is C55H37N5. The van der Waals surface area contributed by atoms with Crippen LogP contribution in [0, 0.1) is 0 Å². The van der Waals surface area contributed by atoms with Crippen molar-refractivity contribution < 1.29 is 0 Å². The standard InChI is InChI=1S/C55H37N5/c1-4-14-38(15-5-1)40-24-28-43(29-25-40)57(44-30-26-41(27-31-44)39-16-6-2-7-17-39)45-33-35-52-54(37-45)60-51-23-13-11-21-49(51)56-55(60)59(52)46-32-34-48-47-20-10-12-22-50(47)58(53(48)36-46)42-18-8-3-9-19-42/h1-37H. The van der Waals surface area contributed by atoms with Crippen LogP contribution >= 0.6 is 0 Å². The summed E-state index contributed by atoms with van der Waals surface area (Å²) in [5.74, 6) is 0.871. The molecular weight excluding hydrogens is 731 g/mol. The molecule has 12 aromatic rings. The number of hydrogen-bond acceptors (Lipinski definition) is 2. The summed E-state index contributed by atoms with van der Waals surface area (Å²) in [6, 6.07) is 80.3. The Morgan fingerprint density at radius 1 is 0.317 bits per heavy atom. The Bertz CT molecular complexity index is 3420. The number of anilines is 3. The number of benzene rings is 9. The quantitative estimate of drug-likeness (QED) is 0.162. The molecule has 5 heteroatoms. The van der Waals surface area contributed by atoms with Gasteiger partial charge in [0.1, 0.15) is 0 Å². The van der Waals surface area contributed by atoms with Gasteiger partial charge >= 0.3 is 0 Å². The first-order valence-electron chi connectivity index (χ1n) is 20.4. The van der Waals surface area contributed by atoms with E-state index in [-0.39, 0.29) is 0 Å². The van der Waals surface area contributed by atoms with Gasteiger partial charge in [0.15, 0.2) is 0 Å². The van der Waals surface area contributed by atoms with E-state index in [0.29, 0.717) is 0 Å². The van der Waals surface area contributed by atoms with Crippen molar-refractivity contribution in [2.45, 2.75) is 0 Å². The normalized spacial score (nSPS) is 11.7. The van der Waals surface area contributed by atoms with Gasteiger partial charge in [-0.2, -0.15) is 0 Å². The third kappa shape index (κ3) is 5.44. The summed E-state index contributed by atoms with van der Waals surface area (Å²) in [6.45, 7) is 0. The molecule has 3 aromatic heterocycles. The maximum Gasteiger partial charge on any atom is 0.220 e. The molecule has 0 fully saturated rings. The summed E-state index contributed by atoms with van der Waals surface area (Å²) in [7, 11) is 0. The van der Waals surface area contributed by atoms with Crippen LogP contribution in [0.4, 0.5) is 17.1 Å². The molecule has 0 aliphatic heterocycles. The molecule has 5 nitrogen and oxygen atoms in total. The number of rotatable bonds is 7. The summed E-state index contributed by atoms with van der Waals surface area (Å²) < 4.78 is 7.01. The van der Waals surface area contributed by atoms with Gasteiger partial charge in [0.25, 0.3) is 0 Å².